The summed E-state index contributed by atoms with van der Waals surface area (Å²) in [4.78, 5) is 63.9. The SMILES string of the molecule is CC(c1occc(=O)c1OP)C1(CN(ON)[C@@H]2c3ccccc3SCc3c2ccc(F)c3F)CC1.CC(c1occc(=O)c1OP)C1(CN(ON)[C@H]2c3ccccc3SCc3c2ccc(F)c3F)CC1.CC(c1occc(=O)c1OP)C1(CN[C@@H]2c3ccccc3SCc3c2ccc(F)c3F)CC1.CC(c1occc(=O)c1OP)C1(CN[C@H]2c3ccccc3SCc3c2ccc(F)c3F)CC1. The summed E-state index contributed by atoms with van der Waals surface area (Å²) in [5.74, 6) is 8.51. The fraction of sp³-hybridized carbons (Fsp3) is 0.320. The monoisotopic (exact) mass is 2010 g/mol. The van der Waals surface area contributed by atoms with Crippen LogP contribution in [0.2, 0.25) is 0 Å². The summed E-state index contributed by atoms with van der Waals surface area (Å²) < 4.78 is 160. The highest BCUT2D eigenvalue weighted by Crippen LogP contribution is 2.63. The van der Waals surface area contributed by atoms with Crippen LogP contribution in [0.25, 0.3) is 0 Å². The number of nitrogens with two attached hydrogens (primary N) is 2. The highest BCUT2D eigenvalue weighted by atomic mass is 32.2. The predicted molar refractivity (Wildman–Crippen MR) is 518 cm³/mol. The van der Waals surface area contributed by atoms with Crippen molar-refractivity contribution < 1.29 is 80.8 Å². The van der Waals surface area contributed by atoms with Gasteiger partial charge in [0.1, 0.15) is 0 Å². The van der Waals surface area contributed by atoms with E-state index in [1.54, 1.807) is 34.4 Å². The van der Waals surface area contributed by atoms with E-state index in [1.165, 1.54) is 108 Å². The van der Waals surface area contributed by atoms with Gasteiger partial charge >= 0.3 is 0 Å². The van der Waals surface area contributed by atoms with Crippen LogP contribution in [0.4, 0.5) is 35.1 Å². The van der Waals surface area contributed by atoms with Crippen molar-refractivity contribution in [3.05, 3.63) is 372 Å². The molecule has 0 saturated heterocycles. The van der Waals surface area contributed by atoms with Crippen LogP contribution in [0.5, 0.6) is 23.0 Å². The Labute approximate surface area is 805 Å². The molecule has 8 aromatic carbocycles. The third-order valence-corrected chi connectivity index (χ3v) is 33.8. The van der Waals surface area contributed by atoms with E-state index in [-0.39, 0.29) is 114 Å². The van der Waals surface area contributed by atoms with E-state index in [4.69, 9.17) is 57.4 Å². The number of thioether (sulfide) groups is 4. The molecule has 4 saturated carbocycles. The zero-order valence-corrected chi connectivity index (χ0v) is 82.0. The molecule has 20 nitrogen and oxygen atoms in total. The Bertz CT molecular complexity index is 6340. The Hall–Kier alpha value is -9.00. The number of hydrogen-bond donors (Lipinski definition) is 4. The molecule has 4 aliphatic heterocycles. The van der Waals surface area contributed by atoms with Crippen LogP contribution in [-0.2, 0) is 32.9 Å². The molecule has 0 radical (unpaired) electrons. The normalized spacial score (nSPS) is 19.1. The standard InChI is InChI=1S/2C25H25F2N2O4PS.2C25H24F2NO3PS/c2*1-14(23-24(32-34)19(30)8-11-31-23)25(9-10-25)13-29(33-28)22-15-6-7-18(26)21(27)17(15)12-35-20-5-3-2-4-16(20)22;2*1-14(23-24(31-32)19(29)8-11-30-23)25(9-10-25)13-28-22-15-6-7-18(26)21(27)17(15)12-33-20-5-3-2-4-16(20)22/h2*2-8,11,14,22H,9-10,12-13,28,34H2,1H3;2*2-8,11,14,22,28H,9-10,12-13,32H2,1H3/t4*14?,22-/m1010/s1. The molecule has 8 heterocycles. The van der Waals surface area contributed by atoms with Gasteiger partial charge in [0.15, 0.2) is 69.6 Å². The largest absolute Gasteiger partial charge is 0.473 e. The van der Waals surface area contributed by atoms with Gasteiger partial charge in [-0.25, -0.2) is 45.0 Å². The smallest absolute Gasteiger partial charge is 0.227 e. The molecule has 36 heteroatoms. The van der Waals surface area contributed by atoms with E-state index in [2.05, 4.69) is 48.5 Å². The minimum absolute atomic E-state index is 0.0609. The average molecular weight is 2010 g/mol. The van der Waals surface area contributed by atoms with Crippen molar-refractivity contribution in [3.63, 3.8) is 0 Å². The van der Waals surface area contributed by atoms with Crippen LogP contribution in [0, 0.1) is 68.2 Å². The zero-order chi connectivity index (χ0) is 95.8. The minimum atomic E-state index is -0.884. The summed E-state index contributed by atoms with van der Waals surface area (Å²) in [7, 11) is 8.44. The van der Waals surface area contributed by atoms with Gasteiger partial charge in [-0.3, -0.25) is 19.2 Å². The van der Waals surface area contributed by atoms with Gasteiger partial charge in [0.25, 0.3) is 0 Å². The van der Waals surface area contributed by atoms with Crippen molar-refractivity contribution in [2.45, 2.75) is 169 Å². The van der Waals surface area contributed by atoms with Gasteiger partial charge in [-0.2, -0.15) is 21.9 Å². The number of halogens is 8. The Balaban J connectivity index is 0.000000126. The van der Waals surface area contributed by atoms with Gasteiger partial charge in [0.05, 0.1) is 87.1 Å². The van der Waals surface area contributed by atoms with Crippen molar-refractivity contribution in [2.24, 2.45) is 33.5 Å². The van der Waals surface area contributed by atoms with Gasteiger partial charge in [-0.05, 0) is 166 Å². The molecule has 12 aromatic rings. The number of nitrogens with zero attached hydrogens (tertiary/aromatic N) is 2. The molecule has 6 N–H and O–H groups in total. The summed E-state index contributed by atoms with van der Waals surface area (Å²) in [6, 6.07) is 46.4. The summed E-state index contributed by atoms with van der Waals surface area (Å²) in [5.41, 5.74) is 6.18. The maximum absolute atomic E-state index is 14.9. The number of rotatable bonds is 26. The molecule has 712 valence electrons. The Morgan fingerprint density at radius 2 is 0.588 bits per heavy atom. The lowest BCUT2D eigenvalue weighted by atomic mass is 9.86. The first-order valence-corrected chi connectivity index (χ1v) is 49.9. The second kappa shape index (κ2) is 41.8. The molecular weight excluding hydrogens is 1910 g/mol. The van der Waals surface area contributed by atoms with E-state index < -0.39 is 58.6 Å². The maximum atomic E-state index is 14.9. The molecule has 0 amide bonds. The van der Waals surface area contributed by atoms with E-state index >= 15 is 0 Å². The molecule has 0 bridgehead atoms. The molecule has 0 spiro atoms. The van der Waals surface area contributed by atoms with Crippen LogP contribution >= 0.6 is 84.9 Å². The zero-order valence-electron chi connectivity index (χ0n) is 74.1. The fourth-order valence-electron chi connectivity index (χ4n) is 19.5. The van der Waals surface area contributed by atoms with E-state index in [1.807, 2.05) is 125 Å². The lowest BCUT2D eigenvalue weighted by Crippen LogP contribution is -2.39. The van der Waals surface area contributed by atoms with Crippen molar-refractivity contribution in [1.82, 2.24) is 20.8 Å². The molecule has 4 fully saturated rings. The maximum Gasteiger partial charge on any atom is 0.227 e. The molecular formula is C100H98F8N6O14P4S4. The Kier molecular flexibility index (Phi) is 30.3. The van der Waals surface area contributed by atoms with Crippen LogP contribution in [0.3, 0.4) is 0 Å². The summed E-state index contributed by atoms with van der Waals surface area (Å²) in [6.45, 7) is 10.1. The third-order valence-electron chi connectivity index (χ3n) is 28.4. The number of hydrogen-bond acceptors (Lipinski definition) is 24. The molecule has 20 rings (SSSR count). The van der Waals surface area contributed by atoms with Crippen LogP contribution in [0.15, 0.2) is 251 Å². The van der Waals surface area contributed by atoms with Crippen LogP contribution < -0.4 is 62.2 Å². The third kappa shape index (κ3) is 19.6. The fourth-order valence-corrected chi connectivity index (χ4v) is 24.9. The lowest BCUT2D eigenvalue weighted by Gasteiger charge is -2.35. The summed E-state index contributed by atoms with van der Waals surface area (Å²) >= 11 is 5.95. The Morgan fingerprint density at radius 1 is 0.346 bits per heavy atom. The summed E-state index contributed by atoms with van der Waals surface area (Å²) in [5, 5.41) is 10.6. The predicted octanol–water partition coefficient (Wildman–Crippen LogP) is 22.9. The number of fused-ring (bicyclic) bond motifs is 8. The molecule has 4 aliphatic carbocycles. The number of nitrogens with one attached hydrogen (secondary N) is 2. The van der Waals surface area contributed by atoms with Crippen molar-refractivity contribution in [2.75, 3.05) is 26.2 Å². The van der Waals surface area contributed by atoms with Crippen molar-refractivity contribution in [1.29, 1.82) is 0 Å². The lowest BCUT2D eigenvalue weighted by molar-refractivity contribution is -0.195. The molecule has 8 aliphatic rings. The number of benzene rings is 8. The first-order chi connectivity index (χ1) is 65.7. The van der Waals surface area contributed by atoms with Crippen molar-refractivity contribution in [3.8, 4) is 23.0 Å². The second-order valence-corrected chi connectivity index (χ2v) is 40.5. The van der Waals surface area contributed by atoms with Crippen LogP contribution in [0.1, 0.15) is 217 Å². The van der Waals surface area contributed by atoms with Crippen LogP contribution in [-0.4, -0.2) is 36.3 Å². The quantitative estimate of drug-likeness (QED) is 0.0223. The molecule has 12 atom stereocenters. The topological polar surface area (TPSA) is 259 Å². The van der Waals surface area contributed by atoms with Gasteiger partial charge in [-0.1, -0.05) is 125 Å². The second-order valence-electron chi connectivity index (χ2n) is 35.5. The summed E-state index contributed by atoms with van der Waals surface area (Å²) in [6.07, 6.45) is 12.7. The number of hydroxylamine groups is 4. The van der Waals surface area contributed by atoms with Gasteiger partial charge in [-0.15, -0.1) is 47.0 Å². The van der Waals surface area contributed by atoms with Gasteiger partial charge in [0.2, 0.25) is 44.7 Å². The molecule has 8 unspecified atom stereocenters. The highest BCUT2D eigenvalue weighted by molar-refractivity contribution is 7.99. The van der Waals surface area contributed by atoms with E-state index in [0.717, 1.165) is 116 Å². The average Bonchev–Trinajstić information content (AvgIpc) is 1.57. The van der Waals surface area contributed by atoms with Gasteiger partial charge in [0, 0.05) is 139 Å². The molecule has 4 aromatic heterocycles. The first-order valence-electron chi connectivity index (χ1n) is 44.1. The van der Waals surface area contributed by atoms with Crippen molar-refractivity contribution >= 4 is 84.9 Å². The Morgan fingerprint density at radius 3 is 0.853 bits per heavy atom. The van der Waals surface area contributed by atoms with E-state index in [9.17, 15) is 54.3 Å². The first kappa shape index (κ1) is 98.6. The van der Waals surface area contributed by atoms with Gasteiger partial charge < -0.3 is 46.4 Å². The highest BCUT2D eigenvalue weighted by Gasteiger charge is 2.56. The van der Waals surface area contributed by atoms with E-state index in [0.29, 0.717) is 94.1 Å². The molecule has 136 heavy (non-hydrogen) atoms. The minimum Gasteiger partial charge on any atom is -0.473 e.